The van der Waals surface area contributed by atoms with Gasteiger partial charge in [-0.15, -0.1) is 0 Å². The molecule has 6 atom stereocenters. The van der Waals surface area contributed by atoms with E-state index in [4.69, 9.17) is 19.3 Å². The second-order valence-electron chi connectivity index (χ2n) is 16.8. The van der Waals surface area contributed by atoms with E-state index in [-0.39, 0.29) is 37.9 Å². The van der Waals surface area contributed by atoms with Crippen LogP contribution in [0, 0.1) is 17.8 Å². The molecule has 0 spiro atoms. The first-order valence-electron chi connectivity index (χ1n) is 22.5. The van der Waals surface area contributed by atoms with Crippen molar-refractivity contribution in [1.29, 1.82) is 0 Å². The molecule has 1 aliphatic rings. The summed E-state index contributed by atoms with van der Waals surface area (Å²) in [7, 11) is -4.86. The van der Waals surface area contributed by atoms with E-state index in [9.17, 15) is 34.3 Å². The molecule has 0 bridgehead atoms. The van der Waals surface area contributed by atoms with Gasteiger partial charge in [0.05, 0.1) is 24.9 Å². The number of ketones is 1. The van der Waals surface area contributed by atoms with Gasteiger partial charge in [0.2, 0.25) is 0 Å². The molecule has 0 saturated heterocycles. The van der Waals surface area contributed by atoms with E-state index in [2.05, 4.69) is 25.3 Å². The Labute approximate surface area is 344 Å². The Kier molecular flexibility index (Phi) is 31.0. The highest BCUT2D eigenvalue weighted by Crippen LogP contribution is 2.37. The fourth-order valence-corrected chi connectivity index (χ4v) is 7.86. The Morgan fingerprint density at radius 1 is 0.684 bits per heavy atom. The molecule has 0 unspecified atom stereocenters. The minimum Gasteiger partial charge on any atom is -0.462 e. The average molecular weight is 833 g/mol. The number of aliphatic hydroxyl groups is 3. The van der Waals surface area contributed by atoms with Gasteiger partial charge in [-0.3, -0.25) is 18.9 Å². The minimum absolute atomic E-state index is 0.0654. The van der Waals surface area contributed by atoms with E-state index in [1.165, 1.54) is 77.0 Å². The van der Waals surface area contributed by atoms with Gasteiger partial charge in [0, 0.05) is 43.9 Å². The molecule has 1 saturated carbocycles. The number of Topliss-reactive ketones (excluding diaryl/α,β-unsaturated/α-hetero) is 1. The number of ether oxygens (including phenoxy) is 2. The molecule has 57 heavy (non-hydrogen) atoms. The van der Waals surface area contributed by atoms with Crippen molar-refractivity contribution in [2.45, 2.75) is 219 Å². The van der Waals surface area contributed by atoms with Crippen LogP contribution in [0.3, 0.4) is 0 Å². The van der Waals surface area contributed by atoms with Crippen LogP contribution in [0.1, 0.15) is 194 Å². The van der Waals surface area contributed by atoms with Crippen molar-refractivity contribution in [2.24, 2.45) is 17.8 Å². The molecule has 0 radical (unpaired) electrons. The zero-order chi connectivity index (χ0) is 42.3. The maximum absolute atomic E-state index is 12.8. The summed E-state index contributed by atoms with van der Waals surface area (Å²) in [6.45, 7) is 5.62. The second kappa shape index (κ2) is 33.1. The molecular formula is C44H81O12P. The lowest BCUT2D eigenvalue weighted by Gasteiger charge is -2.20. The summed E-state index contributed by atoms with van der Waals surface area (Å²) in [4.78, 5) is 55.9. The van der Waals surface area contributed by atoms with Crippen molar-refractivity contribution in [1.82, 2.24) is 0 Å². The Bertz CT molecular complexity index is 1120. The SMILES string of the molecule is CCCCC[C@H](O)/C=C/[C@@H]1[C@@H](CC(=O)CCCCC(=O)O[C@H](COC(=O)CCCCCCCCCCCCCCCCCC(C)C)COP(=O)(O)O)[C@@H](O)C[C@H]1O. The predicted octanol–water partition coefficient (Wildman–Crippen LogP) is 9.21. The largest absolute Gasteiger partial charge is 0.469 e. The maximum Gasteiger partial charge on any atom is 0.469 e. The van der Waals surface area contributed by atoms with Crippen LogP contribution in [-0.4, -0.2) is 80.5 Å². The van der Waals surface area contributed by atoms with Crippen LogP contribution in [0.25, 0.3) is 0 Å². The van der Waals surface area contributed by atoms with E-state index in [0.717, 1.165) is 44.4 Å². The van der Waals surface area contributed by atoms with Crippen LogP contribution in [-0.2, 0) is 32.9 Å². The number of hydrogen-bond donors (Lipinski definition) is 5. The van der Waals surface area contributed by atoms with Crippen molar-refractivity contribution in [3.05, 3.63) is 12.2 Å². The molecule has 1 aliphatic carbocycles. The number of phosphoric ester groups is 1. The standard InChI is InChI=1S/C44H81O12P/c1-4-5-19-25-36(45)29-30-39-40(42(48)32-41(39)47)31-37(46)26-22-23-28-44(50)56-38(34-55-57(51,52)53)33-54-43(49)27-21-18-16-14-12-10-8-6-7-9-11-13-15-17-20-24-35(2)3/h29-30,35-36,38-42,45,47-48H,4-28,31-34H2,1-3H3,(H2,51,52,53)/b30-29+/t36-,38+,39+,40+,41+,42-/m0/s1. The Morgan fingerprint density at radius 3 is 1.75 bits per heavy atom. The summed E-state index contributed by atoms with van der Waals surface area (Å²) in [6.07, 6.45) is 24.3. The lowest BCUT2D eigenvalue weighted by atomic mass is 9.87. The third kappa shape index (κ3) is 30.1. The highest BCUT2D eigenvalue weighted by molar-refractivity contribution is 7.46. The van der Waals surface area contributed by atoms with E-state index in [0.29, 0.717) is 25.7 Å². The zero-order valence-electron chi connectivity index (χ0n) is 35.7. The van der Waals surface area contributed by atoms with Crippen LogP contribution in [0.2, 0.25) is 0 Å². The van der Waals surface area contributed by atoms with Crippen LogP contribution < -0.4 is 0 Å². The van der Waals surface area contributed by atoms with Gasteiger partial charge >= 0.3 is 19.8 Å². The van der Waals surface area contributed by atoms with E-state index >= 15 is 0 Å². The van der Waals surface area contributed by atoms with Crippen molar-refractivity contribution in [3.63, 3.8) is 0 Å². The highest BCUT2D eigenvalue weighted by atomic mass is 31.2. The summed E-state index contributed by atoms with van der Waals surface area (Å²) in [5, 5.41) is 31.2. The number of rotatable bonds is 37. The Morgan fingerprint density at radius 2 is 1.19 bits per heavy atom. The smallest absolute Gasteiger partial charge is 0.462 e. The van der Waals surface area contributed by atoms with Crippen LogP contribution in [0.5, 0.6) is 0 Å². The third-order valence-corrected chi connectivity index (χ3v) is 11.4. The van der Waals surface area contributed by atoms with Gasteiger partial charge in [-0.2, -0.15) is 0 Å². The van der Waals surface area contributed by atoms with E-state index in [1.807, 2.05) is 0 Å². The fraction of sp³-hybridized carbons (Fsp3) is 0.886. The number of esters is 2. The molecule has 0 aromatic rings. The number of carbonyl (C=O) groups is 3. The normalized spacial score (nSPS) is 19.7. The first-order valence-corrected chi connectivity index (χ1v) is 24.0. The third-order valence-electron chi connectivity index (χ3n) is 10.9. The van der Waals surface area contributed by atoms with E-state index < -0.39 is 69.2 Å². The quantitative estimate of drug-likeness (QED) is 0.0172. The molecule has 1 rings (SSSR count). The summed E-state index contributed by atoms with van der Waals surface area (Å²) >= 11 is 0. The number of aliphatic hydroxyl groups excluding tert-OH is 3. The number of phosphoric acid groups is 1. The summed E-state index contributed by atoms with van der Waals surface area (Å²) in [5.41, 5.74) is 0. The molecule has 0 aromatic heterocycles. The van der Waals surface area contributed by atoms with Gasteiger partial charge in [0.25, 0.3) is 0 Å². The van der Waals surface area contributed by atoms with Crippen molar-refractivity contribution >= 4 is 25.5 Å². The molecule has 12 nitrogen and oxygen atoms in total. The molecular weight excluding hydrogens is 751 g/mol. The zero-order valence-corrected chi connectivity index (χ0v) is 36.6. The number of unbranched alkanes of at least 4 members (excludes halogenated alkanes) is 17. The number of hydrogen-bond acceptors (Lipinski definition) is 10. The topological polar surface area (TPSA) is 197 Å². The van der Waals surface area contributed by atoms with E-state index in [1.54, 1.807) is 12.2 Å². The van der Waals surface area contributed by atoms with Gasteiger partial charge in [-0.25, -0.2) is 4.57 Å². The average Bonchev–Trinajstić information content (AvgIpc) is 3.41. The molecule has 5 N–H and O–H groups in total. The van der Waals surface area contributed by atoms with Crippen molar-refractivity contribution in [3.8, 4) is 0 Å². The molecule has 1 fully saturated rings. The Balaban J connectivity index is 2.26. The van der Waals surface area contributed by atoms with Crippen molar-refractivity contribution in [2.75, 3.05) is 13.2 Å². The van der Waals surface area contributed by atoms with Gasteiger partial charge in [-0.05, 0) is 31.6 Å². The maximum atomic E-state index is 12.8. The van der Waals surface area contributed by atoms with Gasteiger partial charge in [-0.1, -0.05) is 148 Å². The lowest BCUT2D eigenvalue weighted by Crippen LogP contribution is -2.29. The molecule has 13 heteroatoms. The molecule has 0 aliphatic heterocycles. The highest BCUT2D eigenvalue weighted by Gasteiger charge is 2.41. The summed E-state index contributed by atoms with van der Waals surface area (Å²) in [5.74, 6) is -1.37. The van der Waals surface area contributed by atoms with Crippen LogP contribution in [0.4, 0.5) is 0 Å². The monoisotopic (exact) mass is 833 g/mol. The second-order valence-corrected chi connectivity index (χ2v) is 18.1. The first kappa shape index (κ1) is 53.4. The molecule has 0 aromatic carbocycles. The van der Waals surface area contributed by atoms with Gasteiger partial charge in [0.1, 0.15) is 12.4 Å². The molecule has 0 amide bonds. The lowest BCUT2D eigenvalue weighted by molar-refractivity contribution is -0.161. The predicted molar refractivity (Wildman–Crippen MR) is 223 cm³/mol. The van der Waals surface area contributed by atoms with Crippen LogP contribution in [0.15, 0.2) is 12.2 Å². The Hall–Kier alpha value is -1.66. The fourth-order valence-electron chi connectivity index (χ4n) is 7.50. The minimum atomic E-state index is -4.86. The van der Waals surface area contributed by atoms with Gasteiger partial charge < -0.3 is 34.6 Å². The van der Waals surface area contributed by atoms with Gasteiger partial charge in [0.15, 0.2) is 6.10 Å². The molecule has 0 heterocycles. The van der Waals surface area contributed by atoms with Crippen LogP contribution >= 0.6 is 7.82 Å². The first-order chi connectivity index (χ1) is 27.2. The van der Waals surface area contributed by atoms with Crippen molar-refractivity contribution < 1.29 is 58.1 Å². The number of carbonyl (C=O) groups excluding carboxylic acids is 3. The summed E-state index contributed by atoms with van der Waals surface area (Å²) < 4.78 is 26.3. The molecule has 334 valence electrons. The summed E-state index contributed by atoms with van der Waals surface area (Å²) in [6, 6.07) is 0.